The molecule has 4 rings (SSSR count). The van der Waals surface area contributed by atoms with Crippen LogP contribution in [0.2, 0.25) is 5.02 Å². The number of carbonyl (C=O) groups is 2. The Morgan fingerprint density at radius 1 is 1.14 bits per heavy atom. The zero-order valence-corrected chi connectivity index (χ0v) is 15.3. The van der Waals surface area contributed by atoms with Crippen molar-refractivity contribution in [2.24, 2.45) is 0 Å². The largest absolute Gasteiger partial charge is 0.516 e. The number of aromatic nitrogens is 3. The van der Waals surface area contributed by atoms with E-state index < -0.39 is 18.3 Å². The minimum Gasteiger partial charge on any atom is -0.403 e. The van der Waals surface area contributed by atoms with Crippen LogP contribution in [0.5, 0.6) is 5.75 Å². The molecule has 0 saturated carbocycles. The molecule has 1 atom stereocenters. The Hall–Kier alpha value is -3.52. The number of halogens is 1. The summed E-state index contributed by atoms with van der Waals surface area (Å²) in [6.07, 6.45) is 2.03. The number of aryl methyl sites for hydroxylation is 1. The van der Waals surface area contributed by atoms with Gasteiger partial charge in [0.25, 0.3) is 5.91 Å². The van der Waals surface area contributed by atoms with Gasteiger partial charge in [0.15, 0.2) is 5.69 Å². The molecule has 1 aromatic carbocycles. The van der Waals surface area contributed by atoms with Crippen LogP contribution in [0.25, 0.3) is 0 Å². The number of fused-ring (bicyclic) bond motifs is 1. The van der Waals surface area contributed by atoms with Gasteiger partial charge in [-0.3, -0.25) is 9.78 Å². The summed E-state index contributed by atoms with van der Waals surface area (Å²) in [4.78, 5) is 38.7. The molecule has 0 radical (unpaired) electrons. The molecule has 0 fully saturated rings. The summed E-state index contributed by atoms with van der Waals surface area (Å²) in [6, 6.07) is 10.0. The fourth-order valence-corrected chi connectivity index (χ4v) is 2.88. The molecule has 8 nitrogen and oxygen atoms in total. The fourth-order valence-electron chi connectivity index (χ4n) is 2.77. The van der Waals surface area contributed by atoms with Gasteiger partial charge in [-0.15, -0.1) is 0 Å². The van der Waals surface area contributed by atoms with Crippen molar-refractivity contribution in [3.63, 3.8) is 0 Å². The monoisotopic (exact) mass is 396 g/mol. The van der Waals surface area contributed by atoms with E-state index in [0.29, 0.717) is 10.8 Å². The van der Waals surface area contributed by atoms with Gasteiger partial charge in [-0.05, 0) is 36.8 Å². The van der Waals surface area contributed by atoms with Crippen LogP contribution in [0.3, 0.4) is 0 Å². The third kappa shape index (κ3) is 3.37. The molecule has 3 heterocycles. The Balaban J connectivity index is 1.64. The Labute approximate surface area is 164 Å². The Bertz CT molecular complexity index is 1060. The third-order valence-corrected chi connectivity index (χ3v) is 4.20. The molecule has 0 aliphatic carbocycles. The molecule has 1 aliphatic heterocycles. The van der Waals surface area contributed by atoms with Crippen molar-refractivity contribution >= 4 is 29.5 Å². The number of pyridine rings is 1. The summed E-state index contributed by atoms with van der Waals surface area (Å²) in [5.74, 6) is 0.0682. The van der Waals surface area contributed by atoms with Crippen LogP contribution >= 0.6 is 11.6 Å². The molecule has 28 heavy (non-hydrogen) atoms. The number of carbonyl (C=O) groups excluding carboxylic acids is 2. The van der Waals surface area contributed by atoms with E-state index in [4.69, 9.17) is 21.1 Å². The van der Waals surface area contributed by atoms with E-state index in [1.807, 2.05) is 13.0 Å². The first-order valence-electron chi connectivity index (χ1n) is 8.24. The molecule has 9 heteroatoms. The van der Waals surface area contributed by atoms with Crippen LogP contribution in [0.1, 0.15) is 28.0 Å². The van der Waals surface area contributed by atoms with E-state index in [-0.39, 0.29) is 17.2 Å². The average molecular weight is 397 g/mol. The molecular formula is C19H13ClN4O4. The maximum atomic E-state index is 12.8. The van der Waals surface area contributed by atoms with Gasteiger partial charge < -0.3 is 9.47 Å². The number of nitrogens with zero attached hydrogens (tertiary/aromatic N) is 4. The maximum absolute atomic E-state index is 12.8. The van der Waals surface area contributed by atoms with Crippen molar-refractivity contribution in [1.29, 1.82) is 0 Å². The first-order valence-corrected chi connectivity index (χ1v) is 8.62. The minimum atomic E-state index is -1.16. The van der Waals surface area contributed by atoms with Crippen molar-refractivity contribution < 1.29 is 19.1 Å². The molecular weight excluding hydrogens is 384 g/mol. The van der Waals surface area contributed by atoms with Gasteiger partial charge in [0.1, 0.15) is 17.3 Å². The third-order valence-electron chi connectivity index (χ3n) is 3.97. The van der Waals surface area contributed by atoms with E-state index in [1.165, 1.54) is 29.6 Å². The van der Waals surface area contributed by atoms with E-state index in [1.54, 1.807) is 24.3 Å². The van der Waals surface area contributed by atoms with Crippen LogP contribution in [0.15, 0.2) is 55.0 Å². The highest BCUT2D eigenvalue weighted by Gasteiger charge is 2.44. The van der Waals surface area contributed by atoms with Crippen LogP contribution < -0.4 is 9.64 Å². The van der Waals surface area contributed by atoms with Gasteiger partial charge in [-0.2, -0.15) is 0 Å². The van der Waals surface area contributed by atoms with Crippen molar-refractivity contribution in [3.8, 4) is 5.75 Å². The lowest BCUT2D eigenvalue weighted by Crippen LogP contribution is -2.32. The van der Waals surface area contributed by atoms with Crippen LogP contribution in [0, 0.1) is 6.92 Å². The predicted octanol–water partition coefficient (Wildman–Crippen LogP) is 3.71. The second-order valence-corrected chi connectivity index (χ2v) is 6.38. The molecule has 0 spiro atoms. The van der Waals surface area contributed by atoms with Gasteiger partial charge in [0.2, 0.25) is 6.23 Å². The zero-order valence-electron chi connectivity index (χ0n) is 14.6. The number of ether oxygens (including phenoxy) is 2. The molecule has 1 unspecified atom stereocenters. The lowest BCUT2D eigenvalue weighted by molar-refractivity contribution is 0.0555. The maximum Gasteiger partial charge on any atom is 0.516 e. The van der Waals surface area contributed by atoms with Gasteiger partial charge >= 0.3 is 6.16 Å². The van der Waals surface area contributed by atoms with Crippen molar-refractivity contribution in [2.75, 3.05) is 4.90 Å². The molecule has 0 saturated heterocycles. The van der Waals surface area contributed by atoms with Gasteiger partial charge in [0.05, 0.1) is 5.02 Å². The Morgan fingerprint density at radius 2 is 1.96 bits per heavy atom. The first-order chi connectivity index (χ1) is 13.5. The number of hydrogen-bond donors (Lipinski definition) is 0. The number of amides is 1. The van der Waals surface area contributed by atoms with E-state index in [9.17, 15) is 9.59 Å². The quantitative estimate of drug-likeness (QED) is 0.492. The van der Waals surface area contributed by atoms with E-state index in [0.717, 1.165) is 5.56 Å². The molecule has 0 bridgehead atoms. The lowest BCUT2D eigenvalue weighted by atomic mass is 10.2. The second kappa shape index (κ2) is 7.24. The number of anilines is 1. The Kier molecular flexibility index (Phi) is 4.62. The predicted molar refractivity (Wildman–Crippen MR) is 99.1 cm³/mol. The van der Waals surface area contributed by atoms with E-state index >= 15 is 0 Å². The first kappa shape index (κ1) is 17.9. The van der Waals surface area contributed by atoms with Crippen LogP contribution in [-0.2, 0) is 4.74 Å². The van der Waals surface area contributed by atoms with Gasteiger partial charge in [-0.25, -0.2) is 19.7 Å². The summed E-state index contributed by atoms with van der Waals surface area (Å²) in [5.41, 5.74) is 1.20. The summed E-state index contributed by atoms with van der Waals surface area (Å²) in [7, 11) is 0. The second-order valence-electron chi connectivity index (χ2n) is 5.94. The SMILES string of the molecule is Cc1cccc(OC(=O)OC2c3nccnc3C(=O)N2c2ccc(Cl)cn2)c1. The van der Waals surface area contributed by atoms with Crippen LogP contribution in [-0.4, -0.2) is 27.0 Å². The van der Waals surface area contributed by atoms with E-state index in [2.05, 4.69) is 15.0 Å². The summed E-state index contributed by atoms with van der Waals surface area (Å²) < 4.78 is 10.6. The smallest absolute Gasteiger partial charge is 0.403 e. The number of benzene rings is 1. The molecule has 1 amide bonds. The molecule has 3 aromatic rings. The fraction of sp³-hybridized carbons (Fsp3) is 0.105. The van der Waals surface area contributed by atoms with Gasteiger partial charge in [-0.1, -0.05) is 23.7 Å². The molecule has 2 aromatic heterocycles. The average Bonchev–Trinajstić information content (AvgIpc) is 2.95. The van der Waals surface area contributed by atoms with Crippen molar-refractivity contribution in [3.05, 3.63) is 77.0 Å². The highest BCUT2D eigenvalue weighted by molar-refractivity contribution is 6.30. The topological polar surface area (TPSA) is 94.5 Å². The highest BCUT2D eigenvalue weighted by Crippen LogP contribution is 2.35. The Morgan fingerprint density at radius 3 is 2.71 bits per heavy atom. The molecule has 1 aliphatic rings. The normalized spacial score (nSPS) is 15.3. The standard InChI is InChI=1S/C19H13ClN4O4/c1-11-3-2-4-13(9-11)27-19(26)28-18-16-15(21-7-8-22-16)17(25)24(18)14-6-5-12(20)10-23-14/h2-10,18H,1H3. The highest BCUT2D eigenvalue weighted by atomic mass is 35.5. The lowest BCUT2D eigenvalue weighted by Gasteiger charge is -2.22. The number of rotatable bonds is 3. The number of hydrogen-bond acceptors (Lipinski definition) is 7. The van der Waals surface area contributed by atoms with Crippen LogP contribution in [0.4, 0.5) is 10.6 Å². The minimum absolute atomic E-state index is 0.0765. The summed E-state index contributed by atoms with van der Waals surface area (Å²) in [5, 5.41) is 0.403. The van der Waals surface area contributed by atoms with Crippen molar-refractivity contribution in [2.45, 2.75) is 13.2 Å². The van der Waals surface area contributed by atoms with Crippen molar-refractivity contribution in [1.82, 2.24) is 15.0 Å². The summed E-state index contributed by atoms with van der Waals surface area (Å²) >= 11 is 5.87. The molecule has 0 N–H and O–H groups in total. The van der Waals surface area contributed by atoms with Gasteiger partial charge in [0, 0.05) is 18.6 Å². The zero-order chi connectivity index (χ0) is 19.7. The summed E-state index contributed by atoms with van der Waals surface area (Å²) in [6.45, 7) is 1.87. The molecule has 140 valence electrons.